The van der Waals surface area contributed by atoms with E-state index in [2.05, 4.69) is 23.1 Å². The molecule has 1 aliphatic carbocycles. The Morgan fingerprint density at radius 2 is 1.82 bits per heavy atom. The van der Waals surface area contributed by atoms with Crippen molar-refractivity contribution in [1.82, 2.24) is 0 Å². The summed E-state index contributed by atoms with van der Waals surface area (Å²) in [6, 6.07) is 14.5. The summed E-state index contributed by atoms with van der Waals surface area (Å²) in [6.07, 6.45) is 5.02. The summed E-state index contributed by atoms with van der Waals surface area (Å²) in [6.45, 7) is 1.47. The van der Waals surface area contributed by atoms with Crippen molar-refractivity contribution in [3.8, 4) is 5.75 Å². The normalized spacial score (nSPS) is 13.5. The highest BCUT2D eigenvalue weighted by Gasteiger charge is 2.10. The molecule has 0 fully saturated rings. The van der Waals surface area contributed by atoms with Crippen molar-refractivity contribution < 1.29 is 4.74 Å². The Morgan fingerprint density at radius 3 is 2.64 bits per heavy atom. The Bertz CT molecular complexity index is 639. The van der Waals surface area contributed by atoms with Crippen LogP contribution in [-0.4, -0.2) is 20.2 Å². The third-order valence-corrected chi connectivity index (χ3v) is 4.36. The van der Waals surface area contributed by atoms with Crippen LogP contribution in [0.25, 0.3) is 0 Å². The lowest BCUT2D eigenvalue weighted by Crippen LogP contribution is -2.24. The topological polar surface area (TPSA) is 38.5 Å². The van der Waals surface area contributed by atoms with Gasteiger partial charge in [0, 0.05) is 7.05 Å². The van der Waals surface area contributed by atoms with E-state index >= 15 is 0 Å². The Kier molecular flexibility index (Phi) is 4.52. The van der Waals surface area contributed by atoms with Gasteiger partial charge in [-0.2, -0.15) is 0 Å². The smallest absolute Gasteiger partial charge is 0.119 e. The highest BCUT2D eigenvalue weighted by atomic mass is 16.5. The third kappa shape index (κ3) is 3.35. The van der Waals surface area contributed by atoms with Crippen LogP contribution in [0.1, 0.15) is 24.0 Å². The summed E-state index contributed by atoms with van der Waals surface area (Å²) in [7, 11) is 2.04. The van der Waals surface area contributed by atoms with Crippen LogP contribution in [0, 0.1) is 0 Å². The number of nitrogen functional groups attached to an aromatic ring is 1. The molecule has 0 aromatic heterocycles. The van der Waals surface area contributed by atoms with Gasteiger partial charge in [0.05, 0.1) is 17.9 Å². The molecule has 2 aromatic rings. The highest BCUT2D eigenvalue weighted by molar-refractivity contribution is 5.66. The molecule has 0 unspecified atom stereocenters. The van der Waals surface area contributed by atoms with Crippen LogP contribution in [0.15, 0.2) is 42.5 Å². The van der Waals surface area contributed by atoms with Crippen LogP contribution in [0.4, 0.5) is 11.4 Å². The van der Waals surface area contributed by atoms with Gasteiger partial charge in [-0.1, -0.05) is 18.2 Å². The fraction of sp³-hybridized carbons (Fsp3) is 0.368. The third-order valence-electron chi connectivity index (χ3n) is 4.36. The van der Waals surface area contributed by atoms with E-state index in [0.29, 0.717) is 6.61 Å². The molecular weight excluding hydrogens is 272 g/mol. The molecule has 2 aromatic carbocycles. The standard InChI is InChI=1S/C19H24N2O/c1-21(19-9-5-4-8-18(19)20)12-13-22-17-11-10-15-6-2-3-7-16(15)14-17/h4-5,8-11,14H,2-3,6-7,12-13,20H2,1H3. The number of ether oxygens (including phenoxy) is 1. The van der Waals surface area contributed by atoms with Crippen LogP contribution in [0.2, 0.25) is 0 Å². The summed E-state index contributed by atoms with van der Waals surface area (Å²) in [4.78, 5) is 2.13. The molecule has 0 saturated heterocycles. The van der Waals surface area contributed by atoms with Gasteiger partial charge in [0.25, 0.3) is 0 Å². The van der Waals surface area contributed by atoms with Crippen molar-refractivity contribution in [2.24, 2.45) is 0 Å². The number of likely N-dealkylation sites (N-methyl/N-ethyl adjacent to an activating group) is 1. The maximum atomic E-state index is 6.00. The average Bonchev–Trinajstić information content (AvgIpc) is 2.55. The van der Waals surface area contributed by atoms with Gasteiger partial charge in [-0.25, -0.2) is 0 Å². The number of fused-ring (bicyclic) bond motifs is 1. The quantitative estimate of drug-likeness (QED) is 0.856. The fourth-order valence-electron chi connectivity index (χ4n) is 3.06. The summed E-state index contributed by atoms with van der Waals surface area (Å²) < 4.78 is 5.92. The number of nitrogens with two attached hydrogens (primary N) is 1. The van der Waals surface area contributed by atoms with Gasteiger partial charge >= 0.3 is 0 Å². The van der Waals surface area contributed by atoms with E-state index in [0.717, 1.165) is 23.7 Å². The first-order valence-corrected chi connectivity index (χ1v) is 8.04. The monoisotopic (exact) mass is 296 g/mol. The second-order valence-electron chi connectivity index (χ2n) is 5.97. The minimum absolute atomic E-state index is 0.656. The molecule has 0 amide bonds. The number of hydrogen-bond donors (Lipinski definition) is 1. The summed E-state index contributed by atoms with van der Waals surface area (Å²) in [5.74, 6) is 0.982. The van der Waals surface area contributed by atoms with Crippen LogP contribution in [0.5, 0.6) is 5.75 Å². The summed E-state index contributed by atoms with van der Waals surface area (Å²) >= 11 is 0. The average molecular weight is 296 g/mol. The van der Waals surface area contributed by atoms with Gasteiger partial charge in [-0.3, -0.25) is 0 Å². The van der Waals surface area contributed by atoms with Crippen LogP contribution in [-0.2, 0) is 12.8 Å². The molecule has 0 bridgehead atoms. The molecule has 0 saturated carbocycles. The Hall–Kier alpha value is -2.16. The van der Waals surface area contributed by atoms with Gasteiger partial charge in [-0.15, -0.1) is 0 Å². The van der Waals surface area contributed by atoms with Gasteiger partial charge in [0.15, 0.2) is 0 Å². The van der Waals surface area contributed by atoms with Gasteiger partial charge < -0.3 is 15.4 Å². The number of benzene rings is 2. The van der Waals surface area contributed by atoms with Crippen LogP contribution < -0.4 is 15.4 Å². The zero-order valence-corrected chi connectivity index (χ0v) is 13.2. The van der Waals surface area contributed by atoms with Crippen molar-refractivity contribution in [3.05, 3.63) is 53.6 Å². The first-order valence-electron chi connectivity index (χ1n) is 8.04. The van der Waals surface area contributed by atoms with Crippen molar-refractivity contribution in [3.63, 3.8) is 0 Å². The first kappa shape index (κ1) is 14.8. The van der Waals surface area contributed by atoms with Crippen LogP contribution in [0.3, 0.4) is 0 Å². The molecular formula is C19H24N2O. The van der Waals surface area contributed by atoms with Crippen molar-refractivity contribution >= 4 is 11.4 Å². The minimum atomic E-state index is 0.656. The number of para-hydroxylation sites is 2. The predicted molar refractivity (Wildman–Crippen MR) is 92.7 cm³/mol. The zero-order valence-electron chi connectivity index (χ0n) is 13.2. The van der Waals surface area contributed by atoms with E-state index in [4.69, 9.17) is 10.5 Å². The van der Waals surface area contributed by atoms with E-state index in [-0.39, 0.29) is 0 Å². The Balaban J connectivity index is 1.56. The lowest BCUT2D eigenvalue weighted by molar-refractivity contribution is 0.325. The number of rotatable bonds is 5. The molecule has 116 valence electrons. The molecule has 3 heteroatoms. The van der Waals surface area contributed by atoms with Crippen molar-refractivity contribution in [2.75, 3.05) is 30.8 Å². The molecule has 0 radical (unpaired) electrons. The van der Waals surface area contributed by atoms with Gasteiger partial charge in [0.1, 0.15) is 12.4 Å². The Morgan fingerprint density at radius 1 is 1.05 bits per heavy atom. The molecule has 22 heavy (non-hydrogen) atoms. The van der Waals surface area contributed by atoms with Crippen molar-refractivity contribution in [2.45, 2.75) is 25.7 Å². The highest BCUT2D eigenvalue weighted by Crippen LogP contribution is 2.25. The number of nitrogens with zero attached hydrogens (tertiary/aromatic N) is 1. The second kappa shape index (κ2) is 6.73. The number of aryl methyl sites for hydroxylation is 2. The fourth-order valence-corrected chi connectivity index (χ4v) is 3.06. The number of anilines is 2. The SMILES string of the molecule is CN(CCOc1ccc2c(c1)CCCC2)c1ccccc1N. The molecule has 0 spiro atoms. The zero-order chi connectivity index (χ0) is 15.4. The summed E-state index contributed by atoms with van der Waals surface area (Å²) in [5, 5.41) is 0. The van der Waals surface area contributed by atoms with E-state index in [1.807, 2.05) is 31.3 Å². The van der Waals surface area contributed by atoms with E-state index < -0.39 is 0 Å². The first-order chi connectivity index (χ1) is 10.7. The predicted octanol–water partition coefficient (Wildman–Crippen LogP) is 3.66. The molecule has 0 atom stereocenters. The van der Waals surface area contributed by atoms with E-state index in [9.17, 15) is 0 Å². The molecule has 0 aliphatic heterocycles. The minimum Gasteiger partial charge on any atom is -0.492 e. The lowest BCUT2D eigenvalue weighted by atomic mass is 9.92. The van der Waals surface area contributed by atoms with Crippen molar-refractivity contribution in [1.29, 1.82) is 0 Å². The molecule has 3 nitrogen and oxygen atoms in total. The molecule has 1 aliphatic rings. The maximum Gasteiger partial charge on any atom is 0.119 e. The largest absolute Gasteiger partial charge is 0.492 e. The molecule has 2 N–H and O–H groups in total. The van der Waals surface area contributed by atoms with E-state index in [1.165, 1.54) is 36.8 Å². The molecule has 3 rings (SSSR count). The van der Waals surface area contributed by atoms with Gasteiger partial charge in [0.2, 0.25) is 0 Å². The van der Waals surface area contributed by atoms with Gasteiger partial charge in [-0.05, 0) is 61.1 Å². The number of hydrogen-bond acceptors (Lipinski definition) is 3. The molecule has 0 heterocycles. The maximum absolute atomic E-state index is 6.00. The Labute approximate surface area is 132 Å². The lowest BCUT2D eigenvalue weighted by Gasteiger charge is -2.21. The second-order valence-corrected chi connectivity index (χ2v) is 5.97. The summed E-state index contributed by atoms with van der Waals surface area (Å²) in [5.41, 5.74) is 10.8. The van der Waals surface area contributed by atoms with E-state index in [1.54, 1.807) is 0 Å². The van der Waals surface area contributed by atoms with Crippen LogP contribution >= 0.6 is 0 Å².